The van der Waals surface area contributed by atoms with Crippen molar-refractivity contribution in [3.05, 3.63) is 47.5 Å². The van der Waals surface area contributed by atoms with Gasteiger partial charge in [-0.25, -0.2) is 9.18 Å². The van der Waals surface area contributed by atoms with Crippen LogP contribution in [0.5, 0.6) is 0 Å². The Labute approximate surface area is 117 Å². The van der Waals surface area contributed by atoms with E-state index in [4.69, 9.17) is 5.73 Å². The van der Waals surface area contributed by atoms with E-state index in [0.717, 1.165) is 16.3 Å². The van der Waals surface area contributed by atoms with Crippen LogP contribution in [0.4, 0.5) is 4.39 Å². The fraction of sp³-hybridized carbons (Fsp3) is 0.312. The second-order valence-corrected chi connectivity index (χ2v) is 4.70. The van der Waals surface area contributed by atoms with Crippen LogP contribution in [0.25, 0.3) is 10.8 Å². The molecule has 0 aliphatic heterocycles. The van der Waals surface area contributed by atoms with Crippen molar-refractivity contribution < 1.29 is 13.9 Å². The molecule has 2 aromatic carbocycles. The molecule has 2 rings (SSSR count). The van der Waals surface area contributed by atoms with Crippen LogP contribution in [-0.4, -0.2) is 18.7 Å². The third kappa shape index (κ3) is 2.65. The largest absolute Gasteiger partial charge is 0.464 e. The predicted octanol–water partition coefficient (Wildman–Crippen LogP) is 3.05. The molecule has 0 radical (unpaired) electrons. The van der Waals surface area contributed by atoms with Crippen LogP contribution >= 0.6 is 0 Å². The molecule has 1 unspecified atom stereocenters. The Bertz CT molecular complexity index is 627. The lowest BCUT2D eigenvalue weighted by Gasteiger charge is -2.18. The number of carbonyl (C=O) groups excluding carboxylic acids is 1. The maximum absolute atomic E-state index is 14.1. The summed E-state index contributed by atoms with van der Waals surface area (Å²) in [6.45, 7) is 3.76. The molecule has 0 amide bonds. The minimum atomic E-state index is -1.86. The van der Waals surface area contributed by atoms with Gasteiger partial charge in [-0.3, -0.25) is 0 Å². The van der Waals surface area contributed by atoms with Gasteiger partial charge in [0, 0.05) is 0 Å². The molecule has 0 saturated heterocycles. The molecule has 2 aromatic rings. The maximum atomic E-state index is 14.1. The number of ether oxygens (including phenoxy) is 1. The zero-order valence-electron chi connectivity index (χ0n) is 11.6. The molecule has 2 atom stereocenters. The minimum Gasteiger partial charge on any atom is -0.464 e. The number of aryl methyl sites for hydroxylation is 1. The van der Waals surface area contributed by atoms with Gasteiger partial charge in [-0.2, -0.15) is 0 Å². The Morgan fingerprint density at radius 1 is 1.25 bits per heavy atom. The van der Waals surface area contributed by atoms with Crippen molar-refractivity contribution in [1.82, 2.24) is 0 Å². The molecular formula is C16H18FNO2. The van der Waals surface area contributed by atoms with E-state index in [1.165, 1.54) is 0 Å². The van der Waals surface area contributed by atoms with Crippen molar-refractivity contribution in [2.75, 3.05) is 6.61 Å². The molecule has 4 heteroatoms. The molecule has 0 aromatic heterocycles. The highest BCUT2D eigenvalue weighted by molar-refractivity contribution is 5.89. The normalized spacial score (nSPS) is 14.0. The number of esters is 1. The molecule has 0 fully saturated rings. The summed E-state index contributed by atoms with van der Waals surface area (Å²) in [7, 11) is 0. The number of hydrogen-bond acceptors (Lipinski definition) is 3. The summed E-state index contributed by atoms with van der Waals surface area (Å²) in [5.41, 5.74) is 7.61. The first-order valence-corrected chi connectivity index (χ1v) is 6.60. The van der Waals surface area contributed by atoms with E-state index >= 15 is 0 Å². The first-order valence-electron chi connectivity index (χ1n) is 6.60. The van der Waals surface area contributed by atoms with E-state index in [2.05, 4.69) is 4.74 Å². The van der Waals surface area contributed by atoms with Crippen molar-refractivity contribution >= 4 is 16.7 Å². The summed E-state index contributed by atoms with van der Waals surface area (Å²) in [5, 5.41) is 1.88. The van der Waals surface area contributed by atoms with Crippen molar-refractivity contribution in [1.29, 1.82) is 0 Å². The van der Waals surface area contributed by atoms with Crippen LogP contribution in [0, 0.1) is 6.92 Å². The second-order valence-electron chi connectivity index (χ2n) is 4.70. The summed E-state index contributed by atoms with van der Waals surface area (Å²) in [4.78, 5) is 11.5. The van der Waals surface area contributed by atoms with E-state index in [9.17, 15) is 9.18 Å². The number of nitrogens with two attached hydrogens (primary N) is 1. The Hall–Kier alpha value is -1.94. The fourth-order valence-corrected chi connectivity index (χ4v) is 2.29. The van der Waals surface area contributed by atoms with Crippen molar-refractivity contribution in [2.24, 2.45) is 5.73 Å². The van der Waals surface area contributed by atoms with E-state index in [1.807, 2.05) is 37.3 Å². The Kier molecular flexibility index (Phi) is 4.35. The third-order valence-corrected chi connectivity index (χ3v) is 3.36. The molecular weight excluding hydrogens is 257 g/mol. The number of halogens is 1. The van der Waals surface area contributed by atoms with Gasteiger partial charge in [0.1, 0.15) is 0 Å². The highest BCUT2D eigenvalue weighted by Crippen LogP contribution is 2.28. The minimum absolute atomic E-state index is 0.140. The third-order valence-electron chi connectivity index (χ3n) is 3.36. The van der Waals surface area contributed by atoms with Gasteiger partial charge in [-0.15, -0.1) is 0 Å². The SMILES string of the molecule is CCOC(=O)C(F)[C@H](N)c1ccc(C)c2ccccc12. The Morgan fingerprint density at radius 2 is 1.90 bits per heavy atom. The molecule has 0 aliphatic carbocycles. The topological polar surface area (TPSA) is 52.3 Å². The highest BCUT2D eigenvalue weighted by atomic mass is 19.1. The quantitative estimate of drug-likeness (QED) is 0.872. The lowest BCUT2D eigenvalue weighted by molar-refractivity contribution is -0.149. The van der Waals surface area contributed by atoms with Crippen LogP contribution in [0.2, 0.25) is 0 Å². The summed E-state index contributed by atoms with van der Waals surface area (Å²) in [6, 6.07) is 10.3. The molecule has 0 heterocycles. The van der Waals surface area contributed by atoms with Gasteiger partial charge in [0.05, 0.1) is 12.6 Å². The standard InChI is InChI=1S/C16H18FNO2/c1-3-20-16(19)14(17)15(18)13-9-8-10(2)11-6-4-5-7-12(11)13/h4-9,14-15H,3,18H2,1-2H3/t14?,15-/m1/s1. The summed E-state index contributed by atoms with van der Waals surface area (Å²) in [6.07, 6.45) is -1.86. The van der Waals surface area contributed by atoms with E-state index in [-0.39, 0.29) is 6.61 Å². The van der Waals surface area contributed by atoms with E-state index < -0.39 is 18.2 Å². The van der Waals surface area contributed by atoms with Gasteiger partial charge < -0.3 is 10.5 Å². The van der Waals surface area contributed by atoms with Gasteiger partial charge in [0.25, 0.3) is 0 Å². The molecule has 3 nitrogen and oxygen atoms in total. The van der Waals surface area contributed by atoms with Crippen LogP contribution in [0.1, 0.15) is 24.1 Å². The van der Waals surface area contributed by atoms with Crippen molar-refractivity contribution in [2.45, 2.75) is 26.1 Å². The smallest absolute Gasteiger partial charge is 0.342 e. The number of benzene rings is 2. The first-order chi connectivity index (χ1) is 9.56. The molecule has 106 valence electrons. The number of carbonyl (C=O) groups is 1. The Morgan fingerprint density at radius 3 is 2.55 bits per heavy atom. The lowest BCUT2D eigenvalue weighted by Crippen LogP contribution is -2.31. The average molecular weight is 275 g/mol. The monoisotopic (exact) mass is 275 g/mol. The summed E-state index contributed by atoms with van der Waals surface area (Å²) < 4.78 is 18.8. The van der Waals surface area contributed by atoms with Gasteiger partial charge in [0.15, 0.2) is 0 Å². The lowest BCUT2D eigenvalue weighted by atomic mass is 9.94. The number of fused-ring (bicyclic) bond motifs is 1. The van der Waals surface area contributed by atoms with Crippen LogP contribution in [0.3, 0.4) is 0 Å². The molecule has 0 spiro atoms. The summed E-state index contributed by atoms with van der Waals surface area (Å²) >= 11 is 0. The molecule has 20 heavy (non-hydrogen) atoms. The summed E-state index contributed by atoms with van der Waals surface area (Å²) in [5.74, 6) is -0.912. The molecule has 0 bridgehead atoms. The van der Waals surface area contributed by atoms with Crippen molar-refractivity contribution in [3.63, 3.8) is 0 Å². The average Bonchev–Trinajstić information content (AvgIpc) is 2.47. The van der Waals surface area contributed by atoms with Gasteiger partial charge >= 0.3 is 5.97 Å². The number of rotatable bonds is 4. The van der Waals surface area contributed by atoms with Gasteiger partial charge in [0.2, 0.25) is 6.17 Å². The number of alkyl halides is 1. The van der Waals surface area contributed by atoms with Crippen LogP contribution in [-0.2, 0) is 9.53 Å². The number of hydrogen-bond donors (Lipinski definition) is 1. The second kappa shape index (κ2) is 6.01. The fourth-order valence-electron chi connectivity index (χ4n) is 2.29. The Balaban J connectivity index is 2.42. The molecule has 0 saturated carbocycles. The molecule has 2 N–H and O–H groups in total. The van der Waals surface area contributed by atoms with Gasteiger partial charge in [-0.05, 0) is 35.7 Å². The zero-order valence-corrected chi connectivity index (χ0v) is 11.6. The van der Waals surface area contributed by atoms with Crippen LogP contribution < -0.4 is 5.73 Å². The maximum Gasteiger partial charge on any atom is 0.342 e. The highest BCUT2D eigenvalue weighted by Gasteiger charge is 2.28. The van der Waals surface area contributed by atoms with E-state index in [1.54, 1.807) is 13.0 Å². The van der Waals surface area contributed by atoms with Crippen LogP contribution in [0.15, 0.2) is 36.4 Å². The van der Waals surface area contributed by atoms with E-state index in [0.29, 0.717) is 5.56 Å². The first kappa shape index (κ1) is 14.5. The predicted molar refractivity (Wildman–Crippen MR) is 77.1 cm³/mol. The molecule has 0 aliphatic rings. The van der Waals surface area contributed by atoms with Crippen molar-refractivity contribution in [3.8, 4) is 0 Å². The zero-order chi connectivity index (χ0) is 14.7. The van der Waals surface area contributed by atoms with Gasteiger partial charge in [-0.1, -0.05) is 36.4 Å².